The Balaban J connectivity index is 1.23. The molecule has 4 unspecified atom stereocenters. The first kappa shape index (κ1) is 21.0. The Morgan fingerprint density at radius 1 is 1.37 bits per heavy atom. The smallest absolute Gasteiger partial charge is 0.170 e. The normalized spacial score (nSPS) is 25.3. The average molecular weight is 425 g/mol. The molecular weight excluding hydrogens is 392 g/mol. The quantitative estimate of drug-likeness (QED) is 0.502. The minimum atomic E-state index is 0.576. The van der Waals surface area contributed by atoms with E-state index >= 15 is 0 Å². The van der Waals surface area contributed by atoms with E-state index in [0.717, 1.165) is 36.3 Å². The molecule has 0 aliphatic carbocycles. The summed E-state index contributed by atoms with van der Waals surface area (Å²) in [6.45, 7) is 9.32. The van der Waals surface area contributed by atoms with Crippen LogP contribution < -0.4 is 10.6 Å². The van der Waals surface area contributed by atoms with Gasteiger partial charge in [-0.05, 0) is 80.8 Å². The molecule has 5 rings (SSSR count). The molecule has 0 radical (unpaired) electrons. The molecule has 4 heterocycles. The zero-order chi connectivity index (χ0) is 20.9. The Labute approximate surface area is 184 Å². The maximum absolute atomic E-state index is 5.54. The first-order valence-electron chi connectivity index (χ1n) is 10.8. The van der Waals surface area contributed by atoms with Gasteiger partial charge in [-0.3, -0.25) is 4.90 Å². The third-order valence-corrected chi connectivity index (χ3v) is 6.64. The molecule has 1 aromatic heterocycles. The molecule has 1 aromatic carbocycles. The number of nitrogens with one attached hydrogen (secondary N) is 2. The number of anilines is 1. The number of hydrogen-bond acceptors (Lipinski definition) is 4. The van der Waals surface area contributed by atoms with Crippen LogP contribution >= 0.6 is 12.2 Å². The molecule has 6 nitrogen and oxygen atoms in total. The molecule has 0 amide bonds. The van der Waals surface area contributed by atoms with Crippen molar-refractivity contribution >= 4 is 23.0 Å². The molecule has 3 saturated heterocycles. The summed E-state index contributed by atoms with van der Waals surface area (Å²) in [5, 5.41) is 11.7. The van der Waals surface area contributed by atoms with E-state index in [1.54, 1.807) is 6.20 Å². The van der Waals surface area contributed by atoms with Crippen LogP contribution in [0.2, 0.25) is 0 Å². The van der Waals surface area contributed by atoms with Crippen LogP contribution in [-0.4, -0.2) is 70.5 Å². The van der Waals surface area contributed by atoms with Crippen LogP contribution in [0.3, 0.4) is 0 Å². The van der Waals surface area contributed by atoms with E-state index in [2.05, 4.69) is 39.2 Å². The second kappa shape index (κ2) is 9.73. The molecule has 2 N–H and O–H groups in total. The lowest BCUT2D eigenvalue weighted by atomic mass is 9.75. The predicted octanol–water partition coefficient (Wildman–Crippen LogP) is 2.99. The lowest BCUT2D eigenvalue weighted by Crippen LogP contribution is -2.58. The van der Waals surface area contributed by atoms with Crippen LogP contribution in [0.5, 0.6) is 0 Å². The van der Waals surface area contributed by atoms with Crippen molar-refractivity contribution < 1.29 is 0 Å². The number of benzene rings is 1. The third kappa shape index (κ3) is 5.09. The Morgan fingerprint density at radius 3 is 2.87 bits per heavy atom. The van der Waals surface area contributed by atoms with Gasteiger partial charge in [0.1, 0.15) is 0 Å². The van der Waals surface area contributed by atoms with Gasteiger partial charge in [-0.15, -0.1) is 6.58 Å². The number of nitrogens with zero attached hydrogens (tertiary/aromatic N) is 4. The molecule has 0 spiro atoms. The van der Waals surface area contributed by atoms with Gasteiger partial charge in [-0.25, -0.2) is 4.68 Å². The van der Waals surface area contributed by atoms with Gasteiger partial charge in [0.2, 0.25) is 0 Å². The third-order valence-electron chi connectivity index (χ3n) is 6.39. The summed E-state index contributed by atoms with van der Waals surface area (Å²) in [6, 6.07) is 10.6. The number of likely N-dealkylation sites (N-methyl/N-ethyl adjacent to an activating group) is 1. The molecule has 3 aliphatic heterocycles. The Bertz CT molecular complexity index is 834. The van der Waals surface area contributed by atoms with Crippen LogP contribution in [0.15, 0.2) is 55.4 Å². The summed E-state index contributed by atoms with van der Waals surface area (Å²) < 4.78 is 1.84. The molecule has 3 aliphatic rings. The Kier molecular flexibility index (Phi) is 6.82. The number of aromatic nitrogens is 2. The van der Waals surface area contributed by atoms with Crippen LogP contribution in [0.25, 0.3) is 5.69 Å². The van der Waals surface area contributed by atoms with E-state index in [4.69, 9.17) is 12.2 Å². The molecule has 0 saturated carbocycles. The van der Waals surface area contributed by atoms with E-state index in [9.17, 15) is 0 Å². The predicted molar refractivity (Wildman–Crippen MR) is 127 cm³/mol. The zero-order valence-electron chi connectivity index (χ0n) is 17.7. The first-order valence-corrected chi connectivity index (χ1v) is 11.2. The van der Waals surface area contributed by atoms with Gasteiger partial charge in [0.05, 0.1) is 5.69 Å². The molecule has 2 bridgehead atoms. The van der Waals surface area contributed by atoms with Crippen molar-refractivity contribution in [3.05, 3.63) is 55.4 Å². The summed E-state index contributed by atoms with van der Waals surface area (Å²) in [6.07, 6.45) is 8.30. The summed E-state index contributed by atoms with van der Waals surface area (Å²) in [7, 11) is 2.20. The standard InChI is InChI=1S/C23H32N6S/c1-3-11-27(2)16-19-17-28-13-9-18(19)14-22(28)15-24-23(30)26-20-5-7-21(8-6-20)29-12-4-10-25-29/h3-8,10,12,18-19,22H,1,9,11,13-17H2,2H3,(H2,24,26,30). The fourth-order valence-corrected chi connectivity index (χ4v) is 5.07. The highest BCUT2D eigenvalue weighted by Crippen LogP contribution is 2.36. The summed E-state index contributed by atoms with van der Waals surface area (Å²) in [5.74, 6) is 1.60. The maximum atomic E-state index is 5.54. The number of hydrogen-bond donors (Lipinski definition) is 2. The van der Waals surface area contributed by atoms with Gasteiger partial charge < -0.3 is 15.5 Å². The van der Waals surface area contributed by atoms with Gasteiger partial charge in [-0.2, -0.15) is 5.10 Å². The van der Waals surface area contributed by atoms with E-state index in [1.165, 1.54) is 32.5 Å². The van der Waals surface area contributed by atoms with Gasteiger partial charge in [0.25, 0.3) is 0 Å². The van der Waals surface area contributed by atoms with Crippen molar-refractivity contribution in [1.29, 1.82) is 0 Å². The van der Waals surface area contributed by atoms with Crippen molar-refractivity contribution in [3.63, 3.8) is 0 Å². The summed E-state index contributed by atoms with van der Waals surface area (Å²) in [4.78, 5) is 5.05. The highest BCUT2D eigenvalue weighted by molar-refractivity contribution is 7.80. The molecule has 160 valence electrons. The number of thiocarbonyl (C=S) groups is 1. The van der Waals surface area contributed by atoms with Gasteiger partial charge in [-0.1, -0.05) is 6.08 Å². The molecule has 3 fully saturated rings. The highest BCUT2D eigenvalue weighted by Gasteiger charge is 2.40. The van der Waals surface area contributed by atoms with Crippen LogP contribution in [0.1, 0.15) is 12.8 Å². The van der Waals surface area contributed by atoms with Crippen LogP contribution in [0, 0.1) is 11.8 Å². The molecular formula is C23H32N6S. The van der Waals surface area contributed by atoms with Gasteiger partial charge >= 0.3 is 0 Å². The Morgan fingerprint density at radius 2 is 2.20 bits per heavy atom. The second-order valence-corrected chi connectivity index (χ2v) is 8.94. The molecule has 2 aromatic rings. The van der Waals surface area contributed by atoms with Crippen molar-refractivity contribution in [2.24, 2.45) is 11.8 Å². The average Bonchev–Trinajstić information content (AvgIpc) is 3.29. The van der Waals surface area contributed by atoms with Crippen molar-refractivity contribution in [2.75, 3.05) is 45.1 Å². The molecule has 30 heavy (non-hydrogen) atoms. The number of piperidine rings is 3. The number of rotatable bonds is 8. The maximum Gasteiger partial charge on any atom is 0.170 e. The van der Waals surface area contributed by atoms with Crippen molar-refractivity contribution in [3.8, 4) is 5.69 Å². The van der Waals surface area contributed by atoms with E-state index in [1.807, 2.05) is 47.3 Å². The minimum Gasteiger partial charge on any atom is -0.361 e. The fraction of sp³-hybridized carbons (Fsp3) is 0.478. The second-order valence-electron chi connectivity index (χ2n) is 8.54. The van der Waals surface area contributed by atoms with E-state index in [0.29, 0.717) is 11.2 Å². The lowest BCUT2D eigenvalue weighted by Gasteiger charge is -2.50. The fourth-order valence-electron chi connectivity index (χ4n) is 4.87. The minimum absolute atomic E-state index is 0.576. The SMILES string of the molecule is C=CCN(C)CC1CN2CCC1CC2CNC(=S)Nc1ccc(-n2cccn2)cc1. The molecule has 4 atom stereocenters. The van der Waals surface area contributed by atoms with Crippen molar-refractivity contribution in [1.82, 2.24) is 24.9 Å². The van der Waals surface area contributed by atoms with Crippen LogP contribution in [0.4, 0.5) is 5.69 Å². The number of fused-ring (bicyclic) bond motifs is 3. The molecule has 7 heteroatoms. The van der Waals surface area contributed by atoms with Crippen molar-refractivity contribution in [2.45, 2.75) is 18.9 Å². The first-order chi connectivity index (χ1) is 14.6. The highest BCUT2D eigenvalue weighted by atomic mass is 32.1. The lowest BCUT2D eigenvalue weighted by molar-refractivity contribution is -0.00663. The van der Waals surface area contributed by atoms with Crippen LogP contribution in [-0.2, 0) is 0 Å². The van der Waals surface area contributed by atoms with Gasteiger partial charge in [0, 0.05) is 50.3 Å². The van der Waals surface area contributed by atoms with Gasteiger partial charge in [0.15, 0.2) is 5.11 Å². The summed E-state index contributed by atoms with van der Waals surface area (Å²) >= 11 is 5.54. The Hall–Kier alpha value is -2.22. The summed E-state index contributed by atoms with van der Waals surface area (Å²) in [5.41, 5.74) is 2.02. The topological polar surface area (TPSA) is 48.4 Å². The monoisotopic (exact) mass is 424 g/mol. The largest absolute Gasteiger partial charge is 0.361 e. The van der Waals surface area contributed by atoms with E-state index < -0.39 is 0 Å². The van der Waals surface area contributed by atoms with E-state index in [-0.39, 0.29) is 0 Å². The zero-order valence-corrected chi connectivity index (χ0v) is 18.5.